The number of anilines is 1. The zero-order chi connectivity index (χ0) is 19.0. The third kappa shape index (κ3) is 3.37. The second kappa shape index (κ2) is 7.61. The molecule has 0 bridgehead atoms. The summed E-state index contributed by atoms with van der Waals surface area (Å²) in [4.78, 5) is 5.37. The van der Waals surface area contributed by atoms with E-state index in [0.717, 1.165) is 34.1 Å². The van der Waals surface area contributed by atoms with Gasteiger partial charge in [-0.1, -0.05) is 29.3 Å². The Morgan fingerprint density at radius 1 is 1.30 bits per heavy atom. The molecule has 0 radical (unpaired) electrons. The van der Waals surface area contributed by atoms with Gasteiger partial charge < -0.3 is 19.9 Å². The van der Waals surface area contributed by atoms with E-state index in [9.17, 15) is 5.26 Å². The van der Waals surface area contributed by atoms with Crippen molar-refractivity contribution in [3.05, 3.63) is 51.1 Å². The molecule has 2 aliphatic heterocycles. The van der Waals surface area contributed by atoms with E-state index in [2.05, 4.69) is 21.2 Å². The number of thiophene rings is 1. The van der Waals surface area contributed by atoms with Crippen LogP contribution in [0, 0.1) is 11.3 Å². The molecule has 0 spiro atoms. The minimum absolute atomic E-state index is 0.0429. The monoisotopic (exact) mass is 420 g/mol. The Balaban J connectivity index is 1.91. The summed E-state index contributed by atoms with van der Waals surface area (Å²) in [5.41, 5.74) is 2.35. The Labute approximate surface area is 172 Å². The summed E-state index contributed by atoms with van der Waals surface area (Å²) >= 11 is 14.3. The van der Waals surface area contributed by atoms with Crippen molar-refractivity contribution in [3.8, 4) is 17.2 Å². The SMILES string of the molecule is CN1C=CNC1c1sc(N2CCOCC2)c(C#N)c1-c1ccc(Cl)cc1Cl. The van der Waals surface area contributed by atoms with Gasteiger partial charge in [0.2, 0.25) is 0 Å². The number of nitriles is 1. The summed E-state index contributed by atoms with van der Waals surface area (Å²) in [6.07, 6.45) is 3.86. The summed E-state index contributed by atoms with van der Waals surface area (Å²) in [6, 6.07) is 7.85. The lowest BCUT2D eigenvalue weighted by atomic mass is 10.00. The Hall–Kier alpha value is -1.91. The maximum absolute atomic E-state index is 10.0. The van der Waals surface area contributed by atoms with Gasteiger partial charge >= 0.3 is 0 Å². The molecule has 2 aliphatic rings. The molecule has 0 amide bonds. The molecule has 5 nitrogen and oxygen atoms in total. The maximum Gasteiger partial charge on any atom is 0.135 e. The van der Waals surface area contributed by atoms with Crippen LogP contribution in [0.5, 0.6) is 0 Å². The molecule has 4 rings (SSSR count). The van der Waals surface area contributed by atoms with Crippen LogP contribution >= 0.6 is 34.5 Å². The molecule has 3 heterocycles. The van der Waals surface area contributed by atoms with Crippen LogP contribution in [0.1, 0.15) is 16.6 Å². The molecule has 1 N–H and O–H groups in total. The van der Waals surface area contributed by atoms with E-state index in [1.54, 1.807) is 17.4 Å². The zero-order valence-corrected chi connectivity index (χ0v) is 17.0. The summed E-state index contributed by atoms with van der Waals surface area (Å²) in [5, 5.41) is 15.5. The average Bonchev–Trinajstić information content (AvgIpc) is 3.25. The quantitative estimate of drug-likeness (QED) is 0.795. The molecule has 0 aliphatic carbocycles. The third-order valence-electron chi connectivity index (χ3n) is 4.75. The average molecular weight is 421 g/mol. The van der Waals surface area contributed by atoms with Crippen molar-refractivity contribution >= 4 is 39.5 Å². The number of nitrogens with one attached hydrogen (secondary N) is 1. The van der Waals surface area contributed by atoms with Crippen molar-refractivity contribution in [2.45, 2.75) is 6.17 Å². The largest absolute Gasteiger partial charge is 0.378 e. The first-order valence-corrected chi connectivity index (χ1v) is 10.2. The fourth-order valence-corrected chi connectivity index (χ4v) is 5.33. The topological polar surface area (TPSA) is 51.5 Å². The van der Waals surface area contributed by atoms with Gasteiger partial charge in [-0.25, -0.2) is 0 Å². The highest BCUT2D eigenvalue weighted by Crippen LogP contribution is 2.48. The summed E-state index contributed by atoms with van der Waals surface area (Å²) in [7, 11) is 2.01. The molecule has 1 atom stereocenters. The molecule has 1 unspecified atom stereocenters. The number of benzene rings is 1. The van der Waals surface area contributed by atoms with Crippen LogP contribution in [-0.4, -0.2) is 38.3 Å². The van der Waals surface area contributed by atoms with Crippen LogP contribution in [0.15, 0.2) is 30.6 Å². The van der Waals surface area contributed by atoms with Gasteiger partial charge in [-0.15, -0.1) is 11.3 Å². The van der Waals surface area contributed by atoms with Crippen molar-refractivity contribution in [1.82, 2.24) is 10.2 Å². The molecule has 1 aromatic carbocycles. The highest BCUT2D eigenvalue weighted by atomic mass is 35.5. The minimum atomic E-state index is -0.0429. The molecule has 1 fully saturated rings. The normalized spacial score (nSPS) is 19.3. The molecule has 140 valence electrons. The van der Waals surface area contributed by atoms with E-state index in [0.29, 0.717) is 28.8 Å². The van der Waals surface area contributed by atoms with Crippen LogP contribution in [-0.2, 0) is 4.74 Å². The van der Waals surface area contributed by atoms with Crippen molar-refractivity contribution < 1.29 is 4.74 Å². The van der Waals surface area contributed by atoms with Crippen LogP contribution < -0.4 is 10.2 Å². The van der Waals surface area contributed by atoms with E-state index in [1.165, 1.54) is 0 Å². The summed E-state index contributed by atoms with van der Waals surface area (Å²) in [6.45, 7) is 2.87. The Bertz CT molecular complexity index is 931. The Kier molecular flexibility index (Phi) is 5.20. The van der Waals surface area contributed by atoms with Gasteiger partial charge in [0, 0.05) is 53.7 Å². The molecule has 1 saturated heterocycles. The second-order valence-electron chi connectivity index (χ2n) is 6.41. The molecule has 1 aromatic heterocycles. The van der Waals surface area contributed by atoms with Crippen LogP contribution in [0.25, 0.3) is 11.1 Å². The summed E-state index contributed by atoms with van der Waals surface area (Å²) in [5.74, 6) is 0. The number of rotatable bonds is 3. The van der Waals surface area contributed by atoms with E-state index in [-0.39, 0.29) is 6.17 Å². The molecular weight excluding hydrogens is 403 g/mol. The highest BCUT2D eigenvalue weighted by Gasteiger charge is 2.31. The van der Waals surface area contributed by atoms with Crippen LogP contribution in [0.4, 0.5) is 5.00 Å². The smallest absolute Gasteiger partial charge is 0.135 e. The van der Waals surface area contributed by atoms with Crippen molar-refractivity contribution in [3.63, 3.8) is 0 Å². The Morgan fingerprint density at radius 3 is 2.70 bits per heavy atom. The minimum Gasteiger partial charge on any atom is -0.378 e. The standard InChI is InChI=1S/C19H18Cl2N4OS/c1-24-5-4-23-18(24)17-16(13-3-2-12(20)10-15(13)21)14(11-22)19(27-17)25-6-8-26-9-7-25/h2-5,10,18,23H,6-9H2,1H3. The first-order valence-electron chi connectivity index (χ1n) is 8.59. The molecular formula is C19H18Cl2N4OS. The van der Waals surface area contributed by atoms with Crippen molar-refractivity contribution in [2.75, 3.05) is 38.3 Å². The fraction of sp³-hybridized carbons (Fsp3) is 0.316. The van der Waals surface area contributed by atoms with Gasteiger partial charge in [-0.3, -0.25) is 0 Å². The molecule has 8 heteroatoms. The highest BCUT2D eigenvalue weighted by molar-refractivity contribution is 7.17. The molecule has 2 aromatic rings. The van der Waals surface area contributed by atoms with E-state index in [4.69, 9.17) is 27.9 Å². The zero-order valence-electron chi connectivity index (χ0n) is 14.7. The van der Waals surface area contributed by atoms with Crippen molar-refractivity contribution in [1.29, 1.82) is 5.26 Å². The number of hydrogen-bond donors (Lipinski definition) is 1. The number of hydrogen-bond acceptors (Lipinski definition) is 6. The fourth-order valence-electron chi connectivity index (χ4n) is 3.40. The lowest BCUT2D eigenvalue weighted by Crippen LogP contribution is -2.36. The van der Waals surface area contributed by atoms with Gasteiger partial charge in [-0.05, 0) is 12.1 Å². The Morgan fingerprint density at radius 2 is 2.07 bits per heavy atom. The molecule has 27 heavy (non-hydrogen) atoms. The lowest BCUT2D eigenvalue weighted by molar-refractivity contribution is 0.123. The number of morpholine rings is 1. The van der Waals surface area contributed by atoms with E-state index in [1.807, 2.05) is 31.6 Å². The number of halogens is 2. The first-order chi connectivity index (χ1) is 13.1. The lowest BCUT2D eigenvalue weighted by Gasteiger charge is -2.27. The molecule has 0 saturated carbocycles. The van der Waals surface area contributed by atoms with Gasteiger partial charge in [0.15, 0.2) is 0 Å². The number of ether oxygens (including phenoxy) is 1. The van der Waals surface area contributed by atoms with Gasteiger partial charge in [-0.2, -0.15) is 5.26 Å². The third-order valence-corrected chi connectivity index (χ3v) is 6.60. The first kappa shape index (κ1) is 18.5. The van der Waals surface area contributed by atoms with E-state index >= 15 is 0 Å². The summed E-state index contributed by atoms with van der Waals surface area (Å²) < 4.78 is 5.48. The van der Waals surface area contributed by atoms with Crippen molar-refractivity contribution in [2.24, 2.45) is 0 Å². The van der Waals surface area contributed by atoms with Gasteiger partial charge in [0.1, 0.15) is 17.2 Å². The predicted octanol–water partition coefficient (Wildman–Crippen LogP) is 4.43. The predicted molar refractivity (Wildman–Crippen MR) is 110 cm³/mol. The van der Waals surface area contributed by atoms with Crippen LogP contribution in [0.3, 0.4) is 0 Å². The second-order valence-corrected chi connectivity index (χ2v) is 8.28. The van der Waals surface area contributed by atoms with Gasteiger partial charge in [0.05, 0.1) is 23.7 Å². The maximum atomic E-state index is 10.0. The van der Waals surface area contributed by atoms with Gasteiger partial charge in [0.25, 0.3) is 0 Å². The number of nitrogens with zero attached hydrogens (tertiary/aromatic N) is 3. The van der Waals surface area contributed by atoms with Crippen LogP contribution in [0.2, 0.25) is 10.0 Å². The van der Waals surface area contributed by atoms with E-state index < -0.39 is 0 Å².